The van der Waals surface area contributed by atoms with Crippen molar-refractivity contribution in [2.24, 2.45) is 0 Å². The minimum Gasteiger partial charge on any atom is -0.200 e. The van der Waals surface area contributed by atoms with Gasteiger partial charge >= 0.3 is 47.6 Å². The summed E-state index contributed by atoms with van der Waals surface area (Å²) >= 11 is 1.00. The molecule has 0 aromatic rings. The molecule has 0 fully saturated rings. The monoisotopic (exact) mass is 630 g/mol. The average Bonchev–Trinajstić information content (AvgIpc) is 2.51. The topological polar surface area (TPSA) is 0 Å². The van der Waals surface area contributed by atoms with Crippen LogP contribution in [-0.4, -0.2) is 51.1 Å². The first kappa shape index (κ1) is 31.5. The smallest absolute Gasteiger partial charge is 0.200 e. The summed E-state index contributed by atoms with van der Waals surface area (Å²) in [7, 11) is 0. The van der Waals surface area contributed by atoms with Crippen molar-refractivity contribution in [3.8, 4) is 0 Å². The van der Waals surface area contributed by atoms with Gasteiger partial charge in [0, 0.05) is 9.84 Å². The van der Waals surface area contributed by atoms with E-state index >= 15 is 0 Å². The molecule has 194 valence electrons. The maximum Gasteiger partial charge on any atom is 0.460 e. The summed E-state index contributed by atoms with van der Waals surface area (Å²) in [5.41, 5.74) is 0. The average molecular weight is 630 g/mol. The van der Waals surface area contributed by atoms with E-state index in [9.17, 15) is 74.6 Å². The normalized spacial score (nSPS) is 18.0. The van der Waals surface area contributed by atoms with Crippen LogP contribution in [0.1, 0.15) is 33.1 Å². The fourth-order valence-corrected chi connectivity index (χ4v) is 3.40. The maximum absolute atomic E-state index is 13.8. The number of hydrogen-bond acceptors (Lipinski definition) is 0. The summed E-state index contributed by atoms with van der Waals surface area (Å²) in [6, 6.07) is 0. The van der Waals surface area contributed by atoms with Gasteiger partial charge in [-0.1, -0.05) is 42.9 Å². The summed E-state index contributed by atoms with van der Waals surface area (Å²) in [5.74, 6) is -55.9. The molecule has 0 bridgehead atoms. The minimum absolute atomic E-state index is 0.0650. The van der Waals surface area contributed by atoms with Gasteiger partial charge in [-0.25, -0.2) is 0 Å². The highest BCUT2D eigenvalue weighted by molar-refractivity contribution is 14.1. The highest BCUT2D eigenvalue weighted by Gasteiger charge is 2.95. The van der Waals surface area contributed by atoms with Crippen molar-refractivity contribution in [1.29, 1.82) is 0 Å². The van der Waals surface area contributed by atoms with Crippen molar-refractivity contribution in [2.45, 2.75) is 84.2 Å². The zero-order valence-electron chi connectivity index (χ0n) is 15.4. The quantitative estimate of drug-likeness (QED) is 0.129. The molecule has 0 aliphatic carbocycles. The molecule has 0 aromatic carbocycles. The Hall–Kier alpha value is -0.460. The van der Waals surface area contributed by atoms with Crippen LogP contribution in [0.3, 0.4) is 0 Å². The van der Waals surface area contributed by atoms with Gasteiger partial charge in [0.25, 0.3) is 0 Å². The Morgan fingerprint density at radius 2 is 0.781 bits per heavy atom. The molecule has 0 radical (unpaired) electrons. The van der Waals surface area contributed by atoms with Gasteiger partial charge in [-0.15, -0.1) is 0 Å². The van der Waals surface area contributed by atoms with Crippen LogP contribution in [-0.2, 0) is 0 Å². The Morgan fingerprint density at radius 1 is 0.500 bits per heavy atom. The molecule has 0 rings (SSSR count). The molecular weight excluding hydrogens is 618 g/mol. The van der Waals surface area contributed by atoms with E-state index in [-0.39, 0.29) is 6.42 Å². The Labute approximate surface area is 182 Å². The Balaban J connectivity index is 6.66. The number of halogens is 18. The fraction of sp³-hybridized carbons (Fsp3) is 1.00. The van der Waals surface area contributed by atoms with Crippen molar-refractivity contribution in [1.82, 2.24) is 0 Å². The van der Waals surface area contributed by atoms with Gasteiger partial charge in [0.1, 0.15) is 0 Å². The molecule has 0 aromatic heterocycles. The largest absolute Gasteiger partial charge is 0.460 e. The van der Waals surface area contributed by atoms with Crippen LogP contribution < -0.4 is 0 Å². The SMILES string of the molecule is CCCC(C)(I)CC(F)(F)C(F)(F)C(F)(F)C(F)(F)C(F)(F)C(F)(F)C(F)(F)C(F)(F)F. The molecule has 1 atom stereocenters. The molecule has 0 saturated heterocycles. The van der Waals surface area contributed by atoms with Crippen LogP contribution in [0.25, 0.3) is 0 Å². The van der Waals surface area contributed by atoms with Gasteiger partial charge in [-0.3, -0.25) is 0 Å². The van der Waals surface area contributed by atoms with E-state index in [1.807, 2.05) is 0 Å². The molecule has 0 saturated carbocycles. The summed E-state index contributed by atoms with van der Waals surface area (Å²) in [5, 5.41) is 0. The first-order valence-corrected chi connectivity index (χ1v) is 9.00. The van der Waals surface area contributed by atoms with E-state index in [4.69, 9.17) is 0 Å². The zero-order valence-corrected chi connectivity index (χ0v) is 17.6. The lowest BCUT2D eigenvalue weighted by Gasteiger charge is -2.43. The lowest BCUT2D eigenvalue weighted by atomic mass is 9.86. The summed E-state index contributed by atoms with van der Waals surface area (Å²) < 4.78 is 221. The van der Waals surface area contributed by atoms with Gasteiger partial charge in [0.2, 0.25) is 0 Å². The lowest BCUT2D eigenvalue weighted by molar-refractivity contribution is -0.462. The van der Waals surface area contributed by atoms with Crippen molar-refractivity contribution < 1.29 is 74.6 Å². The van der Waals surface area contributed by atoms with Crippen LogP contribution in [0.2, 0.25) is 0 Å². The molecule has 0 heterocycles. The number of alkyl halides is 18. The van der Waals surface area contributed by atoms with Crippen LogP contribution in [0.4, 0.5) is 74.6 Å². The van der Waals surface area contributed by atoms with Gasteiger partial charge < -0.3 is 0 Å². The van der Waals surface area contributed by atoms with E-state index in [1.165, 1.54) is 6.92 Å². The molecule has 0 aliphatic rings. The molecule has 0 aliphatic heterocycles. The molecule has 0 N–H and O–H groups in total. The van der Waals surface area contributed by atoms with Gasteiger partial charge in [0.15, 0.2) is 0 Å². The van der Waals surface area contributed by atoms with Gasteiger partial charge in [-0.05, 0) is 6.42 Å². The van der Waals surface area contributed by atoms with Crippen LogP contribution in [0.5, 0.6) is 0 Å². The van der Waals surface area contributed by atoms with E-state index in [0.29, 0.717) is 0 Å². The molecule has 0 amide bonds. The maximum atomic E-state index is 13.8. The van der Waals surface area contributed by atoms with Crippen LogP contribution >= 0.6 is 22.6 Å². The highest BCUT2D eigenvalue weighted by Crippen LogP contribution is 2.64. The van der Waals surface area contributed by atoms with Gasteiger partial charge in [0.05, 0.1) is 0 Å². The highest BCUT2D eigenvalue weighted by atomic mass is 127. The second-order valence-electron chi connectivity index (χ2n) is 6.99. The van der Waals surface area contributed by atoms with Gasteiger partial charge in [-0.2, -0.15) is 74.6 Å². The number of hydrogen-bond donors (Lipinski definition) is 0. The van der Waals surface area contributed by atoms with Crippen molar-refractivity contribution >= 4 is 22.6 Å². The molecule has 18 heteroatoms. The summed E-state index contributed by atoms with van der Waals surface area (Å²) in [6.07, 6.45) is -10.7. The lowest BCUT2D eigenvalue weighted by Crippen LogP contribution is -2.74. The van der Waals surface area contributed by atoms with Crippen molar-refractivity contribution in [2.75, 3.05) is 0 Å². The molecular formula is C14H12F17I. The Kier molecular flexibility index (Phi) is 8.22. The van der Waals surface area contributed by atoms with Crippen LogP contribution in [0.15, 0.2) is 0 Å². The van der Waals surface area contributed by atoms with E-state index < -0.39 is 63.9 Å². The fourth-order valence-electron chi connectivity index (χ4n) is 2.38. The first-order chi connectivity index (χ1) is 13.5. The van der Waals surface area contributed by atoms with E-state index in [0.717, 1.165) is 29.5 Å². The molecule has 0 spiro atoms. The summed E-state index contributed by atoms with van der Waals surface area (Å²) in [4.78, 5) is 0. The van der Waals surface area contributed by atoms with E-state index in [1.54, 1.807) is 0 Å². The molecule has 0 nitrogen and oxygen atoms in total. The minimum atomic E-state index is -8.58. The predicted molar refractivity (Wildman–Crippen MR) is 82.6 cm³/mol. The molecule has 32 heavy (non-hydrogen) atoms. The predicted octanol–water partition coefficient (Wildman–Crippen LogP) is 8.38. The Morgan fingerprint density at radius 3 is 1.06 bits per heavy atom. The second-order valence-corrected chi connectivity index (χ2v) is 9.59. The Bertz CT molecular complexity index is 661. The third kappa shape index (κ3) is 4.57. The van der Waals surface area contributed by atoms with E-state index in [2.05, 4.69) is 0 Å². The second kappa shape index (κ2) is 8.34. The first-order valence-electron chi connectivity index (χ1n) is 7.92. The third-order valence-electron chi connectivity index (χ3n) is 4.15. The zero-order chi connectivity index (χ0) is 26.6. The summed E-state index contributed by atoms with van der Waals surface area (Å²) in [6.45, 7) is 2.00. The number of rotatable bonds is 10. The van der Waals surface area contributed by atoms with Crippen LogP contribution in [0, 0.1) is 0 Å². The third-order valence-corrected chi connectivity index (χ3v) is 5.07. The molecule has 1 unspecified atom stereocenters. The van der Waals surface area contributed by atoms with Crippen molar-refractivity contribution in [3.05, 3.63) is 0 Å². The van der Waals surface area contributed by atoms with Crippen molar-refractivity contribution in [3.63, 3.8) is 0 Å². The standard InChI is InChI=1S/C14H12F17I/c1-3-4-6(2,32)5-7(15,16)8(17,18)9(19,20)10(21,22)11(23,24)12(25,26)13(27,28)14(29,30)31/h3-5H2,1-2H3.